The second-order valence-corrected chi connectivity index (χ2v) is 11.9. The summed E-state index contributed by atoms with van der Waals surface area (Å²) in [4.78, 5) is 22.3. The monoisotopic (exact) mass is 568 g/mol. The Bertz CT molecular complexity index is 1280. The summed E-state index contributed by atoms with van der Waals surface area (Å²) in [5.74, 6) is 0.944. The van der Waals surface area contributed by atoms with E-state index in [0.29, 0.717) is 47.3 Å². The van der Waals surface area contributed by atoms with E-state index in [9.17, 15) is 13.2 Å². The van der Waals surface area contributed by atoms with Crippen LogP contribution in [0.15, 0.2) is 41.3 Å². The lowest BCUT2D eigenvalue weighted by Crippen LogP contribution is -2.33. The number of carbonyl (C=O) groups excluding carboxylic acids is 1. The lowest BCUT2D eigenvalue weighted by Gasteiger charge is -2.21. The van der Waals surface area contributed by atoms with Gasteiger partial charge >= 0.3 is 0 Å². The molecule has 0 bridgehead atoms. The van der Waals surface area contributed by atoms with Gasteiger partial charge in [0.05, 0.1) is 29.3 Å². The molecule has 0 radical (unpaired) electrons. The molecule has 2 heterocycles. The molecule has 1 aliphatic rings. The molecule has 2 aromatic carbocycles. The van der Waals surface area contributed by atoms with E-state index in [1.54, 1.807) is 37.3 Å². The number of methoxy groups -OCH3 is 2. The molecular weight excluding hydrogens is 536 g/mol. The Morgan fingerprint density at radius 1 is 1.03 bits per heavy atom. The summed E-state index contributed by atoms with van der Waals surface area (Å²) < 4.78 is 38.9. The number of nitrogens with zero attached hydrogens (tertiary/aromatic N) is 4. The first-order chi connectivity index (χ1) is 17.2. The maximum Gasteiger partial charge on any atom is 0.260 e. The molecule has 9 nitrogen and oxygen atoms in total. The highest BCUT2D eigenvalue weighted by molar-refractivity contribution is 7.89. The van der Waals surface area contributed by atoms with Crippen LogP contribution in [-0.4, -0.2) is 83.0 Å². The van der Waals surface area contributed by atoms with Gasteiger partial charge in [0.1, 0.15) is 0 Å². The molecule has 3 aromatic rings. The number of anilines is 1. The van der Waals surface area contributed by atoms with E-state index in [4.69, 9.17) is 14.5 Å². The van der Waals surface area contributed by atoms with Crippen LogP contribution in [0.1, 0.15) is 29.6 Å². The van der Waals surface area contributed by atoms with Gasteiger partial charge in [-0.25, -0.2) is 13.4 Å². The number of benzene rings is 2. The van der Waals surface area contributed by atoms with Gasteiger partial charge in [0.25, 0.3) is 5.91 Å². The first-order valence-electron chi connectivity index (χ1n) is 11.8. The van der Waals surface area contributed by atoms with Crippen molar-refractivity contribution < 1.29 is 22.7 Å². The van der Waals surface area contributed by atoms with Crippen molar-refractivity contribution in [2.75, 3.05) is 59.4 Å². The van der Waals surface area contributed by atoms with Gasteiger partial charge in [-0.05, 0) is 64.2 Å². The Balaban J connectivity index is 0.00000380. The van der Waals surface area contributed by atoms with Crippen LogP contribution < -0.4 is 14.4 Å². The smallest absolute Gasteiger partial charge is 0.260 e. The highest BCUT2D eigenvalue weighted by atomic mass is 35.5. The zero-order chi connectivity index (χ0) is 25.9. The molecule has 12 heteroatoms. The van der Waals surface area contributed by atoms with Crippen LogP contribution in [0.3, 0.4) is 0 Å². The number of hydrogen-bond acceptors (Lipinski definition) is 8. The number of halogens is 1. The van der Waals surface area contributed by atoms with Crippen molar-refractivity contribution in [3.8, 4) is 11.5 Å². The Labute approximate surface area is 228 Å². The van der Waals surface area contributed by atoms with Gasteiger partial charge in [-0.2, -0.15) is 4.31 Å². The average molecular weight is 569 g/mol. The number of fused-ring (bicyclic) bond motifs is 1. The quantitative estimate of drug-likeness (QED) is 0.363. The molecule has 1 amide bonds. The summed E-state index contributed by atoms with van der Waals surface area (Å²) >= 11 is 1.40. The molecule has 1 aliphatic heterocycles. The Hall–Kier alpha value is -2.44. The number of aromatic nitrogens is 1. The van der Waals surface area contributed by atoms with Crippen molar-refractivity contribution >= 4 is 55.0 Å². The van der Waals surface area contributed by atoms with Gasteiger partial charge in [0.15, 0.2) is 16.6 Å². The topological polar surface area (TPSA) is 92.3 Å². The highest BCUT2D eigenvalue weighted by Crippen LogP contribution is 2.37. The van der Waals surface area contributed by atoms with Gasteiger partial charge in [-0.15, -0.1) is 12.4 Å². The van der Waals surface area contributed by atoms with Crippen molar-refractivity contribution in [3.05, 3.63) is 42.0 Å². The third kappa shape index (κ3) is 6.35. The van der Waals surface area contributed by atoms with E-state index in [0.717, 1.165) is 30.5 Å². The minimum atomic E-state index is -3.54. The third-order valence-corrected chi connectivity index (χ3v) is 9.10. The molecule has 0 atom stereocenters. The van der Waals surface area contributed by atoms with Crippen molar-refractivity contribution in [2.45, 2.75) is 24.2 Å². The van der Waals surface area contributed by atoms with Crippen molar-refractivity contribution in [1.29, 1.82) is 0 Å². The summed E-state index contributed by atoms with van der Waals surface area (Å²) in [6.45, 7) is 2.36. The summed E-state index contributed by atoms with van der Waals surface area (Å²) in [6, 6.07) is 9.87. The fraction of sp³-hybridized carbons (Fsp3) is 0.440. The summed E-state index contributed by atoms with van der Waals surface area (Å²) in [5.41, 5.74) is 1.12. The molecule has 0 unspecified atom stereocenters. The Morgan fingerprint density at radius 3 is 2.24 bits per heavy atom. The predicted octanol–water partition coefficient (Wildman–Crippen LogP) is 4.12. The van der Waals surface area contributed by atoms with E-state index in [1.807, 2.05) is 20.2 Å². The lowest BCUT2D eigenvalue weighted by molar-refractivity contribution is 0.0986. The molecular formula is C25H33ClN4O5S2. The zero-order valence-electron chi connectivity index (χ0n) is 21.5. The maximum atomic E-state index is 13.6. The van der Waals surface area contributed by atoms with Crippen molar-refractivity contribution in [1.82, 2.24) is 14.2 Å². The molecule has 202 valence electrons. The lowest BCUT2D eigenvalue weighted by atomic mass is 10.2. The molecule has 1 aromatic heterocycles. The molecule has 0 saturated carbocycles. The number of amides is 1. The van der Waals surface area contributed by atoms with Crippen LogP contribution >= 0.6 is 23.7 Å². The van der Waals surface area contributed by atoms with Crippen LogP contribution in [0, 0.1) is 0 Å². The number of sulfonamides is 1. The SMILES string of the molecule is COc1cc2nc(N(CCCN(C)C)C(=O)c3ccc(S(=O)(=O)N4CCCC4)cc3)sc2cc1OC.Cl. The van der Waals surface area contributed by atoms with Crippen molar-refractivity contribution in [3.63, 3.8) is 0 Å². The van der Waals surface area contributed by atoms with Gasteiger partial charge < -0.3 is 14.4 Å². The van der Waals surface area contributed by atoms with E-state index in [1.165, 1.54) is 27.8 Å². The number of ether oxygens (including phenoxy) is 2. The van der Waals surface area contributed by atoms with E-state index >= 15 is 0 Å². The fourth-order valence-corrected chi connectivity index (χ4v) is 6.71. The second-order valence-electron chi connectivity index (χ2n) is 8.92. The molecule has 1 fully saturated rings. The van der Waals surface area contributed by atoms with Gasteiger partial charge in [0.2, 0.25) is 10.0 Å². The fourth-order valence-electron chi connectivity index (χ4n) is 4.19. The van der Waals surface area contributed by atoms with E-state index in [2.05, 4.69) is 4.90 Å². The van der Waals surface area contributed by atoms with Crippen LogP contribution in [-0.2, 0) is 10.0 Å². The standard InChI is InChI=1S/C25H32N4O5S2.ClH/c1-27(2)12-7-15-29(25-26-20-16-21(33-3)22(34-4)17-23(20)35-25)24(30)18-8-10-19(11-9-18)36(31,32)28-13-5-6-14-28;/h8-11,16-17H,5-7,12-15H2,1-4H3;1H. The molecule has 37 heavy (non-hydrogen) atoms. The molecule has 0 aliphatic carbocycles. The van der Waals surface area contributed by atoms with Crippen LogP contribution in [0.4, 0.5) is 5.13 Å². The van der Waals surface area contributed by atoms with Gasteiger partial charge in [-0.3, -0.25) is 9.69 Å². The molecule has 1 saturated heterocycles. The first kappa shape index (κ1) is 29.1. The van der Waals surface area contributed by atoms with Gasteiger partial charge in [-0.1, -0.05) is 11.3 Å². The van der Waals surface area contributed by atoms with E-state index < -0.39 is 10.0 Å². The largest absolute Gasteiger partial charge is 0.493 e. The number of thiazole rings is 1. The normalized spacial score (nSPS) is 14.1. The minimum absolute atomic E-state index is 0. The Morgan fingerprint density at radius 2 is 1.65 bits per heavy atom. The van der Waals surface area contributed by atoms with Crippen molar-refractivity contribution in [2.24, 2.45) is 0 Å². The average Bonchev–Trinajstić information content (AvgIpc) is 3.55. The second kappa shape index (κ2) is 12.4. The highest BCUT2D eigenvalue weighted by Gasteiger charge is 2.28. The number of hydrogen-bond donors (Lipinski definition) is 0. The Kier molecular flexibility index (Phi) is 9.76. The number of rotatable bonds is 10. The third-order valence-electron chi connectivity index (χ3n) is 6.15. The van der Waals surface area contributed by atoms with Crippen LogP contribution in [0.25, 0.3) is 10.2 Å². The molecule has 4 rings (SSSR count). The predicted molar refractivity (Wildman–Crippen MR) is 149 cm³/mol. The summed E-state index contributed by atoms with van der Waals surface area (Å²) in [7, 11) is 3.59. The maximum absolute atomic E-state index is 13.6. The summed E-state index contributed by atoms with van der Waals surface area (Å²) in [5, 5.41) is 0.567. The van der Waals surface area contributed by atoms with Crippen LogP contribution in [0.2, 0.25) is 0 Å². The molecule has 0 spiro atoms. The van der Waals surface area contributed by atoms with E-state index in [-0.39, 0.29) is 23.2 Å². The minimum Gasteiger partial charge on any atom is -0.493 e. The summed E-state index contributed by atoms with van der Waals surface area (Å²) in [6.07, 6.45) is 2.50. The molecule has 0 N–H and O–H groups in total. The zero-order valence-corrected chi connectivity index (χ0v) is 23.9. The first-order valence-corrected chi connectivity index (χ1v) is 14.1. The van der Waals surface area contributed by atoms with Gasteiger partial charge in [0, 0.05) is 37.3 Å². The van der Waals surface area contributed by atoms with Crippen LogP contribution in [0.5, 0.6) is 11.5 Å². The number of carbonyl (C=O) groups is 1.